The minimum Gasteiger partial charge on any atom is -0.475 e. The van der Waals surface area contributed by atoms with Gasteiger partial charge in [0, 0.05) is 35.2 Å². The number of nitrogens with one attached hydrogen (secondary N) is 1. The standard InChI is InChI=1S/C22H12F4N4.C2HF3O2/c23-14-6-13(7-15(24)8-14)19-10-27-20-5-4-12(11-30(19)20)16-9-28-29-22(16)21-17(25)2-1-3-18(21)26;3-2(4,5)1(6)7/h1-11H,(H,28,29);(H,6,7). The molecule has 2 N–H and O–H groups in total. The highest BCUT2D eigenvalue weighted by molar-refractivity contribution is 5.81. The van der Waals surface area contributed by atoms with Gasteiger partial charge in [0.05, 0.1) is 17.5 Å². The lowest BCUT2D eigenvalue weighted by Crippen LogP contribution is -2.21. The van der Waals surface area contributed by atoms with Crippen LogP contribution in [0.5, 0.6) is 0 Å². The van der Waals surface area contributed by atoms with Crippen LogP contribution in [-0.4, -0.2) is 36.8 Å². The molecule has 5 aromatic rings. The molecule has 0 amide bonds. The van der Waals surface area contributed by atoms with Crippen molar-refractivity contribution >= 4 is 11.6 Å². The van der Waals surface area contributed by atoms with E-state index in [-0.39, 0.29) is 11.3 Å². The van der Waals surface area contributed by atoms with E-state index in [1.807, 2.05) is 0 Å². The molecule has 6 nitrogen and oxygen atoms in total. The van der Waals surface area contributed by atoms with Crippen molar-refractivity contribution in [3.05, 3.63) is 90.4 Å². The number of benzene rings is 2. The van der Waals surface area contributed by atoms with Crippen molar-refractivity contribution in [2.45, 2.75) is 6.18 Å². The van der Waals surface area contributed by atoms with Gasteiger partial charge in [0.1, 0.15) is 34.6 Å². The molecule has 0 spiro atoms. The number of fused-ring (bicyclic) bond motifs is 1. The summed E-state index contributed by atoms with van der Waals surface area (Å²) in [6, 6.07) is 10.2. The number of imidazole rings is 1. The summed E-state index contributed by atoms with van der Waals surface area (Å²) in [7, 11) is 0. The van der Waals surface area contributed by atoms with Crippen LogP contribution >= 0.6 is 0 Å². The first-order chi connectivity index (χ1) is 17.5. The van der Waals surface area contributed by atoms with E-state index in [1.54, 1.807) is 22.7 Å². The van der Waals surface area contributed by atoms with Gasteiger partial charge < -0.3 is 5.11 Å². The van der Waals surface area contributed by atoms with Gasteiger partial charge in [0.25, 0.3) is 0 Å². The second-order valence-corrected chi connectivity index (χ2v) is 7.49. The lowest BCUT2D eigenvalue weighted by molar-refractivity contribution is -0.192. The fraction of sp³-hybridized carbons (Fsp3) is 0.0417. The van der Waals surface area contributed by atoms with Gasteiger partial charge >= 0.3 is 12.1 Å². The molecule has 190 valence electrons. The van der Waals surface area contributed by atoms with E-state index >= 15 is 0 Å². The Labute approximate surface area is 202 Å². The molecule has 5 rings (SSSR count). The molecule has 0 bridgehead atoms. The number of alkyl halides is 3. The van der Waals surface area contributed by atoms with Crippen LogP contribution in [-0.2, 0) is 4.79 Å². The minimum absolute atomic E-state index is 0.114. The Morgan fingerprint density at radius 3 is 2.14 bits per heavy atom. The van der Waals surface area contributed by atoms with Crippen molar-refractivity contribution in [3.8, 4) is 33.6 Å². The Kier molecular flexibility index (Phi) is 6.70. The molecular formula is C24H13F7N4O2. The van der Waals surface area contributed by atoms with E-state index in [9.17, 15) is 30.7 Å². The zero-order chi connectivity index (χ0) is 26.9. The van der Waals surface area contributed by atoms with Crippen molar-refractivity contribution < 1.29 is 40.6 Å². The topological polar surface area (TPSA) is 83.3 Å². The van der Waals surface area contributed by atoms with Gasteiger partial charge in [0.2, 0.25) is 0 Å². The Bertz CT molecular complexity index is 1570. The van der Waals surface area contributed by atoms with Crippen LogP contribution in [0.3, 0.4) is 0 Å². The monoisotopic (exact) mass is 522 g/mol. The van der Waals surface area contributed by atoms with Crippen LogP contribution in [0.4, 0.5) is 30.7 Å². The maximum atomic E-state index is 14.3. The average molecular weight is 522 g/mol. The number of rotatable bonds is 3. The molecule has 0 atom stereocenters. The summed E-state index contributed by atoms with van der Waals surface area (Å²) in [6.07, 6.45) is -0.380. The highest BCUT2D eigenvalue weighted by Gasteiger charge is 2.38. The third-order valence-electron chi connectivity index (χ3n) is 5.06. The molecule has 0 aliphatic heterocycles. The van der Waals surface area contributed by atoms with Crippen LogP contribution in [0.2, 0.25) is 0 Å². The number of carbonyl (C=O) groups is 1. The number of hydrogen-bond acceptors (Lipinski definition) is 3. The van der Waals surface area contributed by atoms with E-state index < -0.39 is 35.4 Å². The fourth-order valence-corrected chi connectivity index (χ4v) is 3.48. The molecule has 0 saturated heterocycles. The summed E-state index contributed by atoms with van der Waals surface area (Å²) < 4.78 is 89.3. The average Bonchev–Trinajstić information content (AvgIpc) is 3.45. The van der Waals surface area contributed by atoms with Crippen LogP contribution in [0, 0.1) is 23.3 Å². The second kappa shape index (κ2) is 9.76. The predicted octanol–water partition coefficient (Wildman–Crippen LogP) is 6.25. The number of aliphatic carboxylic acids is 1. The first-order valence-corrected chi connectivity index (χ1v) is 10.2. The van der Waals surface area contributed by atoms with Crippen LogP contribution in [0.1, 0.15) is 0 Å². The van der Waals surface area contributed by atoms with Crippen molar-refractivity contribution in [2.24, 2.45) is 0 Å². The number of hydrogen-bond donors (Lipinski definition) is 2. The minimum atomic E-state index is -5.08. The third kappa shape index (κ3) is 5.29. The zero-order valence-corrected chi connectivity index (χ0v) is 18.2. The highest BCUT2D eigenvalue weighted by Crippen LogP contribution is 2.34. The largest absolute Gasteiger partial charge is 0.490 e. The first-order valence-electron chi connectivity index (χ1n) is 10.2. The number of H-pyrrole nitrogens is 1. The Hall–Kier alpha value is -4.68. The zero-order valence-electron chi connectivity index (χ0n) is 18.2. The van der Waals surface area contributed by atoms with E-state index in [2.05, 4.69) is 15.2 Å². The lowest BCUT2D eigenvalue weighted by atomic mass is 10.0. The quantitative estimate of drug-likeness (QED) is 0.275. The smallest absolute Gasteiger partial charge is 0.475 e. The van der Waals surface area contributed by atoms with Gasteiger partial charge in [-0.15, -0.1) is 0 Å². The molecule has 2 aromatic carbocycles. The molecule has 0 aliphatic carbocycles. The van der Waals surface area contributed by atoms with E-state index in [1.165, 1.54) is 30.6 Å². The molecule has 0 aliphatic rings. The summed E-state index contributed by atoms with van der Waals surface area (Å²) in [5, 5.41) is 13.8. The summed E-state index contributed by atoms with van der Waals surface area (Å²) in [4.78, 5) is 13.2. The Balaban J connectivity index is 0.000000405. The van der Waals surface area contributed by atoms with Gasteiger partial charge in [-0.2, -0.15) is 18.3 Å². The summed E-state index contributed by atoms with van der Waals surface area (Å²) in [6.45, 7) is 0. The maximum absolute atomic E-state index is 14.3. The van der Waals surface area contributed by atoms with Crippen molar-refractivity contribution in [1.82, 2.24) is 19.6 Å². The van der Waals surface area contributed by atoms with Crippen LogP contribution in [0.15, 0.2) is 67.1 Å². The summed E-state index contributed by atoms with van der Waals surface area (Å²) in [5.74, 6) is -5.63. The number of nitrogens with zero attached hydrogens (tertiary/aromatic N) is 3. The molecule has 3 heterocycles. The van der Waals surface area contributed by atoms with Crippen LogP contribution < -0.4 is 0 Å². The molecule has 3 aromatic heterocycles. The predicted molar refractivity (Wildman–Crippen MR) is 117 cm³/mol. The lowest BCUT2D eigenvalue weighted by Gasteiger charge is -2.08. The maximum Gasteiger partial charge on any atom is 0.490 e. The fourth-order valence-electron chi connectivity index (χ4n) is 3.48. The van der Waals surface area contributed by atoms with Crippen LogP contribution in [0.25, 0.3) is 39.3 Å². The number of pyridine rings is 1. The molecule has 0 fully saturated rings. The molecular weight excluding hydrogens is 509 g/mol. The normalized spacial score (nSPS) is 11.3. The second-order valence-electron chi connectivity index (χ2n) is 7.49. The third-order valence-corrected chi connectivity index (χ3v) is 5.06. The molecule has 0 unspecified atom stereocenters. The molecule has 0 saturated carbocycles. The van der Waals surface area contributed by atoms with Crippen molar-refractivity contribution in [1.29, 1.82) is 0 Å². The van der Waals surface area contributed by atoms with Crippen molar-refractivity contribution in [2.75, 3.05) is 0 Å². The number of aromatic nitrogens is 4. The number of aromatic amines is 1. The Morgan fingerprint density at radius 1 is 0.919 bits per heavy atom. The van der Waals surface area contributed by atoms with E-state index in [0.29, 0.717) is 28.0 Å². The first kappa shape index (κ1) is 25.4. The van der Waals surface area contributed by atoms with Crippen molar-refractivity contribution in [3.63, 3.8) is 0 Å². The number of halogens is 7. The molecule has 0 radical (unpaired) electrons. The number of carboxylic acids is 1. The van der Waals surface area contributed by atoms with Gasteiger partial charge in [-0.05, 0) is 36.4 Å². The SMILES string of the molecule is Fc1cc(F)cc(-c2cnc3ccc(-c4c[nH]nc4-c4c(F)cccc4F)cn23)c1.O=C(O)C(F)(F)F. The number of carboxylic acid groups (broad SMARTS) is 1. The van der Waals surface area contributed by atoms with Gasteiger partial charge in [0.15, 0.2) is 0 Å². The Morgan fingerprint density at radius 2 is 1.54 bits per heavy atom. The highest BCUT2D eigenvalue weighted by atomic mass is 19.4. The van der Waals surface area contributed by atoms with E-state index in [4.69, 9.17) is 9.90 Å². The van der Waals surface area contributed by atoms with Gasteiger partial charge in [-0.25, -0.2) is 27.3 Å². The van der Waals surface area contributed by atoms with Gasteiger partial charge in [-0.3, -0.25) is 9.50 Å². The van der Waals surface area contributed by atoms with E-state index in [0.717, 1.165) is 18.2 Å². The molecule has 37 heavy (non-hydrogen) atoms. The molecule has 13 heteroatoms. The summed E-state index contributed by atoms with van der Waals surface area (Å²) in [5.41, 5.74) is 2.24. The van der Waals surface area contributed by atoms with Gasteiger partial charge in [-0.1, -0.05) is 6.07 Å². The summed E-state index contributed by atoms with van der Waals surface area (Å²) >= 11 is 0.